The predicted molar refractivity (Wildman–Crippen MR) is 91.1 cm³/mol. The molecule has 2 aromatic carbocycles. The van der Waals surface area contributed by atoms with Crippen LogP contribution in [-0.4, -0.2) is 18.1 Å². The molecule has 0 aliphatic carbocycles. The zero-order chi connectivity index (χ0) is 16.1. The van der Waals surface area contributed by atoms with Crippen molar-refractivity contribution in [3.05, 3.63) is 42.5 Å². The van der Waals surface area contributed by atoms with Gasteiger partial charge >= 0.3 is 0 Å². The Balaban J connectivity index is 2.17. The number of benzene rings is 2. The summed E-state index contributed by atoms with van der Waals surface area (Å²) < 4.78 is 6.01. The van der Waals surface area contributed by atoms with E-state index in [2.05, 4.69) is 19.2 Å². The summed E-state index contributed by atoms with van der Waals surface area (Å²) in [6.45, 7) is 8.18. The van der Waals surface area contributed by atoms with Crippen LogP contribution in [0.3, 0.4) is 0 Å². The van der Waals surface area contributed by atoms with Crippen molar-refractivity contribution >= 4 is 16.7 Å². The molecule has 0 fully saturated rings. The molecule has 0 aliphatic heterocycles. The Kier molecular flexibility index (Phi) is 5.42. The average Bonchev–Trinajstić information content (AvgIpc) is 2.52. The van der Waals surface area contributed by atoms with E-state index in [9.17, 15) is 4.79 Å². The Morgan fingerprint density at radius 2 is 1.77 bits per heavy atom. The quantitative estimate of drug-likeness (QED) is 0.870. The van der Waals surface area contributed by atoms with E-state index in [0.29, 0.717) is 12.3 Å². The van der Waals surface area contributed by atoms with Crippen LogP contribution in [0.25, 0.3) is 10.8 Å². The Morgan fingerprint density at radius 1 is 1.09 bits per heavy atom. The topological polar surface area (TPSA) is 38.3 Å². The molecule has 22 heavy (non-hydrogen) atoms. The minimum absolute atomic E-state index is 0.0448. The standard InChI is InChI=1S/C19H25NO2/c1-5-17(19(21)20-14(4)13(2)3)22-18-12-8-10-15-9-6-7-11-16(15)18/h6-14,17H,5H2,1-4H3,(H,20,21)/t14-,17-/m1/s1. The lowest BCUT2D eigenvalue weighted by molar-refractivity contribution is -0.129. The molecule has 0 aromatic heterocycles. The largest absolute Gasteiger partial charge is 0.480 e. The number of hydrogen-bond donors (Lipinski definition) is 1. The van der Waals surface area contributed by atoms with E-state index in [1.165, 1.54) is 0 Å². The highest BCUT2D eigenvalue weighted by molar-refractivity contribution is 5.89. The highest BCUT2D eigenvalue weighted by atomic mass is 16.5. The zero-order valence-electron chi connectivity index (χ0n) is 13.8. The van der Waals surface area contributed by atoms with Crippen molar-refractivity contribution in [1.29, 1.82) is 0 Å². The van der Waals surface area contributed by atoms with E-state index in [1.54, 1.807) is 0 Å². The lowest BCUT2D eigenvalue weighted by atomic mass is 10.1. The van der Waals surface area contributed by atoms with Gasteiger partial charge in [0.2, 0.25) is 0 Å². The molecule has 0 bridgehead atoms. The molecule has 0 unspecified atom stereocenters. The maximum atomic E-state index is 12.4. The van der Waals surface area contributed by atoms with Crippen molar-refractivity contribution in [2.45, 2.75) is 46.3 Å². The van der Waals surface area contributed by atoms with Crippen LogP contribution in [0.2, 0.25) is 0 Å². The van der Waals surface area contributed by atoms with Gasteiger partial charge in [0.1, 0.15) is 5.75 Å². The molecular weight excluding hydrogens is 274 g/mol. The second-order valence-corrected chi connectivity index (χ2v) is 6.03. The van der Waals surface area contributed by atoms with Crippen LogP contribution in [0, 0.1) is 5.92 Å². The number of amides is 1. The molecule has 2 atom stereocenters. The van der Waals surface area contributed by atoms with Crippen molar-refractivity contribution in [3.63, 3.8) is 0 Å². The molecular formula is C19H25NO2. The highest BCUT2D eigenvalue weighted by Crippen LogP contribution is 2.26. The van der Waals surface area contributed by atoms with Crippen LogP contribution in [0.5, 0.6) is 5.75 Å². The van der Waals surface area contributed by atoms with Gasteiger partial charge in [0, 0.05) is 11.4 Å². The maximum absolute atomic E-state index is 12.4. The summed E-state index contributed by atoms with van der Waals surface area (Å²) >= 11 is 0. The van der Waals surface area contributed by atoms with E-state index >= 15 is 0 Å². The van der Waals surface area contributed by atoms with E-state index in [1.807, 2.05) is 56.3 Å². The summed E-state index contributed by atoms with van der Waals surface area (Å²) in [5.74, 6) is 1.12. The van der Waals surface area contributed by atoms with Crippen molar-refractivity contribution in [2.75, 3.05) is 0 Å². The molecule has 0 saturated heterocycles. The normalized spacial score (nSPS) is 13.9. The van der Waals surface area contributed by atoms with Gasteiger partial charge in [-0.05, 0) is 30.7 Å². The van der Waals surface area contributed by atoms with E-state index in [0.717, 1.165) is 16.5 Å². The maximum Gasteiger partial charge on any atom is 0.261 e. The summed E-state index contributed by atoms with van der Waals surface area (Å²) in [4.78, 5) is 12.4. The van der Waals surface area contributed by atoms with E-state index < -0.39 is 6.10 Å². The van der Waals surface area contributed by atoms with Crippen LogP contribution in [-0.2, 0) is 4.79 Å². The number of carbonyl (C=O) groups is 1. The molecule has 0 saturated carbocycles. The average molecular weight is 299 g/mol. The lowest BCUT2D eigenvalue weighted by Gasteiger charge is -2.23. The van der Waals surface area contributed by atoms with Crippen molar-refractivity contribution in [2.24, 2.45) is 5.92 Å². The first kappa shape index (κ1) is 16.3. The Bertz CT molecular complexity index is 631. The van der Waals surface area contributed by atoms with Gasteiger partial charge in [0.15, 0.2) is 6.10 Å². The predicted octanol–water partition coefficient (Wildman–Crippen LogP) is 4.16. The van der Waals surface area contributed by atoms with Gasteiger partial charge in [0.05, 0.1) is 0 Å². The fourth-order valence-electron chi connectivity index (χ4n) is 2.26. The number of carbonyl (C=O) groups excluding carboxylic acids is 1. The van der Waals surface area contributed by atoms with Crippen LogP contribution in [0.15, 0.2) is 42.5 Å². The molecule has 0 aliphatic rings. The molecule has 1 amide bonds. The third-order valence-corrected chi connectivity index (χ3v) is 4.05. The highest BCUT2D eigenvalue weighted by Gasteiger charge is 2.21. The van der Waals surface area contributed by atoms with Gasteiger partial charge in [-0.25, -0.2) is 0 Å². The monoisotopic (exact) mass is 299 g/mol. The molecule has 0 spiro atoms. The molecule has 0 radical (unpaired) electrons. The van der Waals surface area contributed by atoms with Gasteiger partial charge in [-0.2, -0.15) is 0 Å². The fourth-order valence-corrected chi connectivity index (χ4v) is 2.26. The molecule has 2 rings (SSSR count). The SMILES string of the molecule is CC[C@@H](Oc1cccc2ccccc12)C(=O)N[C@H](C)C(C)C. The van der Waals surface area contributed by atoms with Crippen molar-refractivity contribution < 1.29 is 9.53 Å². The second-order valence-electron chi connectivity index (χ2n) is 6.03. The number of nitrogens with one attached hydrogen (secondary N) is 1. The minimum atomic E-state index is -0.466. The first-order valence-corrected chi connectivity index (χ1v) is 7.97. The number of ether oxygens (including phenoxy) is 1. The third-order valence-electron chi connectivity index (χ3n) is 4.05. The van der Waals surface area contributed by atoms with Gasteiger partial charge in [-0.1, -0.05) is 57.2 Å². The summed E-state index contributed by atoms with van der Waals surface area (Å²) in [5.41, 5.74) is 0. The van der Waals surface area contributed by atoms with Crippen molar-refractivity contribution in [3.8, 4) is 5.75 Å². The minimum Gasteiger partial charge on any atom is -0.480 e. The van der Waals surface area contributed by atoms with Crippen LogP contribution in [0.1, 0.15) is 34.1 Å². The van der Waals surface area contributed by atoms with Gasteiger partial charge in [-0.15, -0.1) is 0 Å². The van der Waals surface area contributed by atoms with Crippen molar-refractivity contribution in [1.82, 2.24) is 5.32 Å². The van der Waals surface area contributed by atoms with Gasteiger partial charge < -0.3 is 10.1 Å². The van der Waals surface area contributed by atoms with E-state index in [4.69, 9.17) is 4.74 Å². The first-order valence-electron chi connectivity index (χ1n) is 7.97. The molecule has 118 valence electrons. The summed E-state index contributed by atoms with van der Waals surface area (Å²) in [5, 5.41) is 5.19. The van der Waals surface area contributed by atoms with Gasteiger partial charge in [-0.3, -0.25) is 4.79 Å². The fraction of sp³-hybridized carbons (Fsp3) is 0.421. The number of fused-ring (bicyclic) bond motifs is 1. The Labute approximate surface area is 132 Å². The van der Waals surface area contributed by atoms with Crippen LogP contribution < -0.4 is 10.1 Å². The number of hydrogen-bond acceptors (Lipinski definition) is 2. The summed E-state index contributed by atoms with van der Waals surface area (Å²) in [7, 11) is 0. The van der Waals surface area contributed by atoms with Crippen LogP contribution >= 0.6 is 0 Å². The third kappa shape index (κ3) is 3.79. The summed E-state index contributed by atoms with van der Waals surface area (Å²) in [6, 6.07) is 14.1. The van der Waals surface area contributed by atoms with Gasteiger partial charge in [0.25, 0.3) is 5.91 Å². The zero-order valence-corrected chi connectivity index (χ0v) is 13.8. The molecule has 2 aromatic rings. The number of rotatable bonds is 6. The smallest absolute Gasteiger partial charge is 0.261 e. The Hall–Kier alpha value is -2.03. The molecule has 1 N–H and O–H groups in total. The van der Waals surface area contributed by atoms with E-state index in [-0.39, 0.29) is 11.9 Å². The van der Waals surface area contributed by atoms with Crippen LogP contribution in [0.4, 0.5) is 0 Å². The first-order chi connectivity index (χ1) is 10.5. The lowest BCUT2D eigenvalue weighted by Crippen LogP contribution is -2.44. The molecule has 0 heterocycles. The second kappa shape index (κ2) is 7.30. The molecule has 3 heteroatoms. The molecule has 3 nitrogen and oxygen atoms in total. The Morgan fingerprint density at radius 3 is 2.45 bits per heavy atom. The summed E-state index contributed by atoms with van der Waals surface area (Å²) in [6.07, 6.45) is 0.173.